The van der Waals surface area contributed by atoms with Gasteiger partial charge in [0.15, 0.2) is 0 Å². The summed E-state index contributed by atoms with van der Waals surface area (Å²) in [5.74, 6) is 0. The quantitative estimate of drug-likeness (QED) is 0.568. The minimum Gasteiger partial charge on any atom is -0.396 e. The molecule has 2 N–H and O–H groups in total. The van der Waals surface area contributed by atoms with Crippen LogP contribution in [-0.2, 0) is 19.3 Å². The molecule has 27 heavy (non-hydrogen) atoms. The van der Waals surface area contributed by atoms with Crippen molar-refractivity contribution >= 4 is 34.6 Å². The summed E-state index contributed by atoms with van der Waals surface area (Å²) in [4.78, 5) is 4.87. The molecule has 0 saturated carbocycles. The summed E-state index contributed by atoms with van der Waals surface area (Å²) < 4.78 is 0. The lowest BCUT2D eigenvalue weighted by atomic mass is 10.1. The van der Waals surface area contributed by atoms with Crippen LogP contribution in [-0.4, -0.2) is 16.7 Å². The van der Waals surface area contributed by atoms with Crippen LogP contribution in [0.5, 0.6) is 0 Å². The van der Waals surface area contributed by atoms with Crippen LogP contribution in [0.3, 0.4) is 0 Å². The Labute approximate surface area is 169 Å². The topological polar surface area (TPSA) is 45.1 Å². The summed E-state index contributed by atoms with van der Waals surface area (Å²) in [6, 6.07) is 15.9. The minimum absolute atomic E-state index is 0.164. The molecule has 0 amide bonds. The molecule has 1 aromatic heterocycles. The first-order valence-electron chi connectivity index (χ1n) is 9.09. The normalized spacial score (nSPS) is 12.9. The first kappa shape index (κ1) is 18.3. The molecular formula is C22H20Cl2N2O. The van der Waals surface area contributed by atoms with E-state index in [0.717, 1.165) is 53.2 Å². The number of aromatic nitrogens is 1. The van der Waals surface area contributed by atoms with Gasteiger partial charge in [0.2, 0.25) is 0 Å². The smallest absolute Gasteiger partial charge is 0.0726 e. The highest BCUT2D eigenvalue weighted by Crippen LogP contribution is 2.35. The first-order valence-corrected chi connectivity index (χ1v) is 9.84. The van der Waals surface area contributed by atoms with Gasteiger partial charge in [0.25, 0.3) is 0 Å². The number of halogens is 2. The van der Waals surface area contributed by atoms with Crippen molar-refractivity contribution in [1.82, 2.24) is 4.98 Å². The van der Waals surface area contributed by atoms with Gasteiger partial charge in [0.05, 0.1) is 15.7 Å². The van der Waals surface area contributed by atoms with Gasteiger partial charge in [-0.05, 0) is 67.1 Å². The van der Waals surface area contributed by atoms with Gasteiger partial charge < -0.3 is 10.4 Å². The number of pyridine rings is 1. The lowest BCUT2D eigenvalue weighted by molar-refractivity contribution is 0.299. The molecule has 0 spiro atoms. The van der Waals surface area contributed by atoms with E-state index in [9.17, 15) is 0 Å². The molecule has 0 unspecified atom stereocenters. The van der Waals surface area contributed by atoms with E-state index in [1.165, 1.54) is 5.56 Å². The molecule has 0 radical (unpaired) electrons. The van der Waals surface area contributed by atoms with Gasteiger partial charge in [0.1, 0.15) is 0 Å². The Hall–Kier alpha value is -2.07. The SMILES string of the molecule is OCCc1ccc(Nc2cc(-c3ccc(Cl)c(Cl)c3)nc3c2CCC3)cc1. The number of benzene rings is 2. The highest BCUT2D eigenvalue weighted by Gasteiger charge is 2.19. The zero-order chi connectivity index (χ0) is 18.8. The van der Waals surface area contributed by atoms with Crippen LogP contribution in [0.15, 0.2) is 48.5 Å². The standard InChI is InChI=1S/C22H20Cl2N2O/c23-18-9-6-15(12-19(18)24)21-13-22(17-2-1-3-20(17)26-21)25-16-7-4-14(5-8-16)10-11-27/h4-9,12-13,27H,1-3,10-11H2,(H,25,26). The number of fused-ring (bicyclic) bond motifs is 1. The summed E-state index contributed by atoms with van der Waals surface area (Å²) in [5, 5.41) is 13.7. The zero-order valence-corrected chi connectivity index (χ0v) is 16.3. The Kier molecular flexibility index (Phi) is 5.35. The Morgan fingerprint density at radius 2 is 1.78 bits per heavy atom. The van der Waals surface area contributed by atoms with Gasteiger partial charge in [-0.1, -0.05) is 41.4 Å². The fraction of sp³-hybridized carbons (Fsp3) is 0.227. The van der Waals surface area contributed by atoms with E-state index in [0.29, 0.717) is 16.5 Å². The molecule has 5 heteroatoms. The Morgan fingerprint density at radius 3 is 2.52 bits per heavy atom. The monoisotopic (exact) mass is 398 g/mol. The zero-order valence-electron chi connectivity index (χ0n) is 14.8. The average Bonchev–Trinajstić information content (AvgIpc) is 3.15. The molecule has 0 bridgehead atoms. The molecule has 0 atom stereocenters. The number of rotatable bonds is 5. The molecule has 1 aliphatic carbocycles. The Morgan fingerprint density at radius 1 is 0.963 bits per heavy atom. The predicted molar refractivity (Wildman–Crippen MR) is 112 cm³/mol. The Balaban J connectivity index is 1.69. The van der Waals surface area contributed by atoms with Crippen LogP contribution in [0.4, 0.5) is 11.4 Å². The van der Waals surface area contributed by atoms with E-state index in [2.05, 4.69) is 11.4 Å². The van der Waals surface area contributed by atoms with E-state index in [1.54, 1.807) is 6.07 Å². The van der Waals surface area contributed by atoms with Crippen molar-refractivity contribution in [3.8, 4) is 11.3 Å². The summed E-state index contributed by atoms with van der Waals surface area (Å²) in [7, 11) is 0. The summed E-state index contributed by atoms with van der Waals surface area (Å²) in [5.41, 5.74) is 7.54. The maximum atomic E-state index is 9.07. The number of anilines is 2. The largest absolute Gasteiger partial charge is 0.396 e. The Bertz CT molecular complexity index is 971. The van der Waals surface area contributed by atoms with E-state index in [4.69, 9.17) is 33.3 Å². The van der Waals surface area contributed by atoms with Crippen molar-refractivity contribution in [3.63, 3.8) is 0 Å². The third-order valence-corrected chi connectivity index (χ3v) is 5.64. The molecule has 4 rings (SSSR count). The van der Waals surface area contributed by atoms with Gasteiger partial charge in [-0.3, -0.25) is 4.98 Å². The second-order valence-corrected chi connectivity index (χ2v) is 7.57. The van der Waals surface area contributed by atoms with Crippen molar-refractivity contribution < 1.29 is 5.11 Å². The number of aryl methyl sites for hydroxylation is 1. The average molecular weight is 399 g/mol. The number of hydrogen-bond donors (Lipinski definition) is 2. The first-order chi connectivity index (χ1) is 13.1. The van der Waals surface area contributed by atoms with Crippen LogP contribution in [0.25, 0.3) is 11.3 Å². The highest BCUT2D eigenvalue weighted by atomic mass is 35.5. The molecular weight excluding hydrogens is 379 g/mol. The molecule has 0 fully saturated rings. The van der Waals surface area contributed by atoms with Crippen LogP contribution < -0.4 is 5.32 Å². The molecule has 0 aliphatic heterocycles. The molecule has 3 aromatic rings. The lowest BCUT2D eigenvalue weighted by Crippen LogP contribution is -2.00. The van der Waals surface area contributed by atoms with E-state index < -0.39 is 0 Å². The van der Waals surface area contributed by atoms with Gasteiger partial charge in [0, 0.05) is 29.2 Å². The van der Waals surface area contributed by atoms with Crippen LogP contribution >= 0.6 is 23.2 Å². The second kappa shape index (κ2) is 7.89. The number of hydrogen-bond acceptors (Lipinski definition) is 3. The van der Waals surface area contributed by atoms with Crippen molar-refractivity contribution in [2.45, 2.75) is 25.7 Å². The summed E-state index contributed by atoms with van der Waals surface area (Å²) in [6.45, 7) is 0.164. The third kappa shape index (κ3) is 3.96. The van der Waals surface area contributed by atoms with Crippen molar-refractivity contribution in [2.24, 2.45) is 0 Å². The third-order valence-electron chi connectivity index (χ3n) is 4.90. The van der Waals surface area contributed by atoms with Crippen LogP contribution in [0.2, 0.25) is 10.0 Å². The second-order valence-electron chi connectivity index (χ2n) is 6.76. The molecule has 0 saturated heterocycles. The van der Waals surface area contributed by atoms with Crippen LogP contribution in [0.1, 0.15) is 23.2 Å². The van der Waals surface area contributed by atoms with E-state index >= 15 is 0 Å². The van der Waals surface area contributed by atoms with Gasteiger partial charge >= 0.3 is 0 Å². The molecule has 2 aromatic carbocycles. The van der Waals surface area contributed by atoms with Gasteiger partial charge in [-0.2, -0.15) is 0 Å². The maximum Gasteiger partial charge on any atom is 0.0726 e. The number of aliphatic hydroxyl groups excluding tert-OH is 1. The number of nitrogens with one attached hydrogen (secondary N) is 1. The molecule has 1 heterocycles. The van der Waals surface area contributed by atoms with Gasteiger partial charge in [-0.25, -0.2) is 0 Å². The van der Waals surface area contributed by atoms with Gasteiger partial charge in [-0.15, -0.1) is 0 Å². The summed E-state index contributed by atoms with van der Waals surface area (Å²) >= 11 is 12.3. The fourth-order valence-electron chi connectivity index (χ4n) is 3.50. The fourth-order valence-corrected chi connectivity index (χ4v) is 3.80. The van der Waals surface area contributed by atoms with E-state index in [-0.39, 0.29) is 6.61 Å². The number of nitrogens with zero attached hydrogens (tertiary/aromatic N) is 1. The predicted octanol–water partition coefficient (Wildman–Crippen LogP) is 5.82. The number of aliphatic hydroxyl groups is 1. The molecule has 1 aliphatic rings. The minimum atomic E-state index is 0.164. The van der Waals surface area contributed by atoms with Crippen LogP contribution in [0, 0.1) is 0 Å². The lowest BCUT2D eigenvalue weighted by Gasteiger charge is -2.14. The molecule has 3 nitrogen and oxygen atoms in total. The van der Waals surface area contributed by atoms with E-state index in [1.807, 2.05) is 36.4 Å². The van der Waals surface area contributed by atoms with Crippen molar-refractivity contribution in [2.75, 3.05) is 11.9 Å². The van der Waals surface area contributed by atoms with Crippen molar-refractivity contribution in [3.05, 3.63) is 75.4 Å². The summed E-state index contributed by atoms with van der Waals surface area (Å²) in [6.07, 6.45) is 3.83. The highest BCUT2D eigenvalue weighted by molar-refractivity contribution is 6.42. The maximum absolute atomic E-state index is 9.07. The molecule has 138 valence electrons. The van der Waals surface area contributed by atoms with Crippen molar-refractivity contribution in [1.29, 1.82) is 0 Å².